The molecule has 0 amide bonds. The number of aliphatic hydroxyl groups is 1. The van der Waals surface area contributed by atoms with Gasteiger partial charge in [0.2, 0.25) is 0 Å². The molecule has 0 atom stereocenters. The molecule has 0 radical (unpaired) electrons. The zero-order chi connectivity index (χ0) is 15.0. The monoisotopic (exact) mass is 287 g/mol. The molecule has 0 spiro atoms. The topological polar surface area (TPSA) is 79.5 Å². The van der Waals surface area contributed by atoms with Crippen molar-refractivity contribution in [3.63, 3.8) is 0 Å². The molecule has 21 heavy (non-hydrogen) atoms. The van der Waals surface area contributed by atoms with Gasteiger partial charge in [0.15, 0.2) is 0 Å². The summed E-state index contributed by atoms with van der Waals surface area (Å²) >= 11 is 0. The second kappa shape index (κ2) is 5.29. The van der Waals surface area contributed by atoms with E-state index in [0.717, 1.165) is 25.1 Å². The smallest absolute Gasteiger partial charge is 0.278 e. The third-order valence-corrected chi connectivity index (χ3v) is 4.08. The number of benzene rings is 1. The molecule has 2 aromatic rings. The van der Waals surface area contributed by atoms with E-state index in [1.54, 1.807) is 24.4 Å². The number of rotatable bonds is 4. The first-order chi connectivity index (χ1) is 10.1. The predicted octanol–water partition coefficient (Wildman–Crippen LogP) is 2.35. The molecule has 110 valence electrons. The van der Waals surface area contributed by atoms with Crippen LogP contribution in [0.15, 0.2) is 30.5 Å². The maximum atomic E-state index is 11.1. The van der Waals surface area contributed by atoms with Crippen molar-refractivity contribution in [1.29, 1.82) is 0 Å². The van der Waals surface area contributed by atoms with Crippen molar-refractivity contribution in [2.75, 3.05) is 18.5 Å². The number of fused-ring (bicyclic) bond motifs is 1. The Labute approximate surface area is 122 Å². The van der Waals surface area contributed by atoms with Crippen LogP contribution >= 0.6 is 0 Å². The SMILES string of the molecule is CN(CC1CC(O)C1)c1ccc([N+](=O)[O-])c2cccnc12. The molecule has 0 bridgehead atoms. The molecule has 3 rings (SSSR count). The lowest BCUT2D eigenvalue weighted by atomic mass is 9.82. The van der Waals surface area contributed by atoms with Crippen molar-refractivity contribution >= 4 is 22.3 Å². The molecule has 1 aromatic heterocycles. The van der Waals surface area contributed by atoms with Crippen molar-refractivity contribution in [1.82, 2.24) is 4.98 Å². The summed E-state index contributed by atoms with van der Waals surface area (Å²) in [5.74, 6) is 0.471. The van der Waals surface area contributed by atoms with Gasteiger partial charge in [0, 0.05) is 25.9 Å². The number of nitro benzene ring substituents is 1. The van der Waals surface area contributed by atoms with Gasteiger partial charge in [-0.1, -0.05) is 0 Å². The predicted molar refractivity (Wildman–Crippen MR) is 80.4 cm³/mol. The molecule has 6 nitrogen and oxygen atoms in total. The van der Waals surface area contributed by atoms with E-state index in [2.05, 4.69) is 9.88 Å². The Morgan fingerprint density at radius 1 is 1.43 bits per heavy atom. The van der Waals surface area contributed by atoms with Gasteiger partial charge >= 0.3 is 0 Å². The molecule has 0 aliphatic heterocycles. The van der Waals surface area contributed by atoms with Gasteiger partial charge in [0.05, 0.1) is 22.1 Å². The zero-order valence-electron chi connectivity index (χ0n) is 11.8. The van der Waals surface area contributed by atoms with Crippen LogP contribution in [0, 0.1) is 16.0 Å². The van der Waals surface area contributed by atoms with Crippen LogP contribution in [-0.4, -0.2) is 34.7 Å². The van der Waals surface area contributed by atoms with E-state index in [-0.39, 0.29) is 16.7 Å². The van der Waals surface area contributed by atoms with Crippen LogP contribution in [0.1, 0.15) is 12.8 Å². The van der Waals surface area contributed by atoms with E-state index >= 15 is 0 Å². The molecule has 1 N–H and O–H groups in total. The van der Waals surface area contributed by atoms with Gasteiger partial charge in [-0.2, -0.15) is 0 Å². The van der Waals surface area contributed by atoms with E-state index in [9.17, 15) is 15.2 Å². The molecule has 1 heterocycles. The third kappa shape index (κ3) is 2.54. The van der Waals surface area contributed by atoms with Crippen molar-refractivity contribution in [3.05, 3.63) is 40.6 Å². The first kappa shape index (κ1) is 13.8. The van der Waals surface area contributed by atoms with Crippen LogP contribution in [0.3, 0.4) is 0 Å². The highest BCUT2D eigenvalue weighted by molar-refractivity contribution is 5.96. The summed E-state index contributed by atoms with van der Waals surface area (Å²) in [6, 6.07) is 6.72. The van der Waals surface area contributed by atoms with Gasteiger partial charge in [0.1, 0.15) is 5.52 Å². The van der Waals surface area contributed by atoms with Gasteiger partial charge in [-0.15, -0.1) is 0 Å². The molecule has 0 unspecified atom stereocenters. The summed E-state index contributed by atoms with van der Waals surface area (Å²) in [4.78, 5) is 17.1. The summed E-state index contributed by atoms with van der Waals surface area (Å²) in [6.07, 6.45) is 3.12. The maximum absolute atomic E-state index is 11.1. The molecule has 0 saturated heterocycles. The van der Waals surface area contributed by atoms with E-state index in [1.807, 2.05) is 7.05 Å². The molecular weight excluding hydrogens is 270 g/mol. The standard InChI is InChI=1S/C15H17N3O3/c1-17(9-10-7-11(19)8-10)14-5-4-13(18(20)21)12-3-2-6-16-15(12)14/h2-6,10-11,19H,7-9H2,1H3. The number of anilines is 1. The third-order valence-electron chi connectivity index (χ3n) is 4.08. The quantitative estimate of drug-likeness (QED) is 0.689. The number of nitro groups is 1. The van der Waals surface area contributed by atoms with Crippen molar-refractivity contribution in [2.24, 2.45) is 5.92 Å². The zero-order valence-corrected chi connectivity index (χ0v) is 11.8. The first-order valence-corrected chi connectivity index (χ1v) is 6.97. The minimum absolute atomic E-state index is 0.0781. The van der Waals surface area contributed by atoms with Gasteiger partial charge < -0.3 is 10.0 Å². The van der Waals surface area contributed by atoms with E-state index in [0.29, 0.717) is 16.8 Å². The van der Waals surface area contributed by atoms with E-state index < -0.39 is 0 Å². The molecule has 1 aliphatic rings. The highest BCUT2D eigenvalue weighted by atomic mass is 16.6. The van der Waals surface area contributed by atoms with Gasteiger partial charge in [-0.05, 0) is 37.0 Å². The van der Waals surface area contributed by atoms with Gasteiger partial charge in [-0.3, -0.25) is 15.1 Å². The minimum Gasteiger partial charge on any atom is -0.393 e. The number of aromatic nitrogens is 1. The van der Waals surface area contributed by atoms with Crippen LogP contribution < -0.4 is 4.90 Å². The maximum Gasteiger partial charge on any atom is 0.278 e. The Hall–Kier alpha value is -2.21. The van der Waals surface area contributed by atoms with Crippen LogP contribution in [0.4, 0.5) is 11.4 Å². The minimum atomic E-state index is -0.379. The summed E-state index contributed by atoms with van der Waals surface area (Å²) in [5, 5.41) is 21.0. The number of hydrogen-bond donors (Lipinski definition) is 1. The van der Waals surface area contributed by atoms with Crippen LogP contribution in [0.25, 0.3) is 10.9 Å². The average molecular weight is 287 g/mol. The number of aliphatic hydroxyl groups excluding tert-OH is 1. The van der Waals surface area contributed by atoms with Crippen LogP contribution in [-0.2, 0) is 0 Å². The summed E-state index contributed by atoms with van der Waals surface area (Å²) in [6.45, 7) is 0.820. The Bertz CT molecular complexity index is 683. The first-order valence-electron chi connectivity index (χ1n) is 6.97. The Morgan fingerprint density at radius 3 is 2.86 bits per heavy atom. The number of non-ortho nitro benzene ring substituents is 1. The van der Waals surface area contributed by atoms with Crippen molar-refractivity contribution in [2.45, 2.75) is 18.9 Å². The second-order valence-corrected chi connectivity index (χ2v) is 5.63. The Balaban J connectivity index is 1.95. The van der Waals surface area contributed by atoms with Crippen molar-refractivity contribution < 1.29 is 10.0 Å². The molecular formula is C15H17N3O3. The van der Waals surface area contributed by atoms with Crippen LogP contribution in [0.2, 0.25) is 0 Å². The van der Waals surface area contributed by atoms with Gasteiger partial charge in [-0.25, -0.2) is 0 Å². The lowest BCUT2D eigenvalue weighted by molar-refractivity contribution is -0.383. The highest BCUT2D eigenvalue weighted by Crippen LogP contribution is 2.34. The van der Waals surface area contributed by atoms with Crippen LogP contribution in [0.5, 0.6) is 0 Å². The fourth-order valence-electron chi connectivity index (χ4n) is 2.95. The molecule has 1 aromatic carbocycles. The fraction of sp³-hybridized carbons (Fsp3) is 0.400. The summed E-state index contributed by atoms with van der Waals surface area (Å²) in [7, 11) is 1.96. The average Bonchev–Trinajstić information content (AvgIpc) is 2.44. The number of nitrogens with zero attached hydrogens (tertiary/aromatic N) is 3. The highest BCUT2D eigenvalue weighted by Gasteiger charge is 2.28. The van der Waals surface area contributed by atoms with Crippen molar-refractivity contribution in [3.8, 4) is 0 Å². The normalized spacial score (nSPS) is 21.0. The lowest BCUT2D eigenvalue weighted by Crippen LogP contribution is -2.37. The molecule has 6 heteroatoms. The van der Waals surface area contributed by atoms with Gasteiger partial charge in [0.25, 0.3) is 5.69 Å². The number of pyridine rings is 1. The lowest BCUT2D eigenvalue weighted by Gasteiger charge is -2.35. The van der Waals surface area contributed by atoms with E-state index in [4.69, 9.17) is 0 Å². The number of hydrogen-bond acceptors (Lipinski definition) is 5. The Kier molecular flexibility index (Phi) is 3.47. The summed E-state index contributed by atoms with van der Waals surface area (Å²) in [5.41, 5.74) is 1.61. The van der Waals surface area contributed by atoms with E-state index in [1.165, 1.54) is 6.07 Å². The molecule has 1 fully saturated rings. The largest absolute Gasteiger partial charge is 0.393 e. The Morgan fingerprint density at radius 2 is 2.19 bits per heavy atom. The molecule has 1 aliphatic carbocycles. The summed E-state index contributed by atoms with van der Waals surface area (Å²) < 4.78 is 0. The molecule has 1 saturated carbocycles. The second-order valence-electron chi connectivity index (χ2n) is 5.63. The fourth-order valence-corrected chi connectivity index (χ4v) is 2.95.